The highest BCUT2D eigenvalue weighted by atomic mass is 32.2. The van der Waals surface area contributed by atoms with Gasteiger partial charge in [0, 0.05) is 11.7 Å². The van der Waals surface area contributed by atoms with Gasteiger partial charge in [-0.05, 0) is 56.3 Å². The summed E-state index contributed by atoms with van der Waals surface area (Å²) < 4.78 is 25.9. The van der Waals surface area contributed by atoms with Gasteiger partial charge in [0.15, 0.2) is 0 Å². The van der Waals surface area contributed by atoms with E-state index in [9.17, 15) is 8.42 Å². The summed E-state index contributed by atoms with van der Waals surface area (Å²) in [4.78, 5) is 0.322. The summed E-state index contributed by atoms with van der Waals surface area (Å²) in [5, 5.41) is 3.52. The Bertz CT molecular complexity index is 571. The van der Waals surface area contributed by atoms with Crippen LogP contribution in [0.3, 0.4) is 0 Å². The summed E-state index contributed by atoms with van der Waals surface area (Å²) in [6.45, 7) is 0. The summed E-state index contributed by atoms with van der Waals surface area (Å²) in [6.07, 6.45) is 5.26. The van der Waals surface area contributed by atoms with E-state index in [1.54, 1.807) is 18.2 Å². The molecule has 0 amide bonds. The van der Waals surface area contributed by atoms with Crippen molar-refractivity contribution in [2.45, 2.75) is 36.6 Å². The molecule has 2 saturated carbocycles. The first-order valence-corrected chi connectivity index (χ1v) is 8.37. The Morgan fingerprint density at radius 1 is 1.21 bits per heavy atom. The second kappa shape index (κ2) is 4.80. The number of sulfonamides is 1. The van der Waals surface area contributed by atoms with Crippen LogP contribution in [0.15, 0.2) is 29.2 Å². The molecule has 5 heteroatoms. The molecule has 1 aromatic carbocycles. The van der Waals surface area contributed by atoms with Crippen molar-refractivity contribution in [2.75, 3.05) is 12.4 Å². The number of hydrogen-bond donors (Lipinski definition) is 2. The van der Waals surface area contributed by atoms with Gasteiger partial charge in [-0.15, -0.1) is 0 Å². The quantitative estimate of drug-likeness (QED) is 0.889. The fourth-order valence-corrected chi connectivity index (χ4v) is 4.28. The van der Waals surface area contributed by atoms with E-state index in [4.69, 9.17) is 0 Å². The van der Waals surface area contributed by atoms with E-state index in [1.807, 2.05) is 6.07 Å². The second-order valence-electron chi connectivity index (χ2n) is 5.66. The largest absolute Gasteiger partial charge is 0.382 e. The smallest absolute Gasteiger partial charge is 0.240 e. The summed E-state index contributed by atoms with van der Waals surface area (Å²) >= 11 is 0. The highest BCUT2D eigenvalue weighted by Gasteiger charge is 2.39. The Kier molecular flexibility index (Phi) is 3.27. The van der Waals surface area contributed by atoms with Crippen LogP contribution in [0.1, 0.15) is 25.7 Å². The van der Waals surface area contributed by atoms with Crippen LogP contribution in [0.4, 0.5) is 5.69 Å². The van der Waals surface area contributed by atoms with Gasteiger partial charge >= 0.3 is 0 Å². The first-order valence-electron chi connectivity index (χ1n) is 6.88. The molecule has 2 aliphatic rings. The zero-order chi connectivity index (χ0) is 13.5. The molecule has 2 bridgehead atoms. The van der Waals surface area contributed by atoms with Crippen LogP contribution in [-0.4, -0.2) is 21.5 Å². The maximum Gasteiger partial charge on any atom is 0.240 e. The Morgan fingerprint density at radius 2 is 2.05 bits per heavy atom. The lowest BCUT2D eigenvalue weighted by atomic mass is 9.95. The molecule has 1 aromatic rings. The van der Waals surface area contributed by atoms with Crippen LogP contribution in [0, 0.1) is 11.8 Å². The van der Waals surface area contributed by atoms with E-state index < -0.39 is 10.0 Å². The minimum atomic E-state index is -3.35. The summed E-state index contributed by atoms with van der Waals surface area (Å²) in [5.41, 5.74) is 0.911. The van der Waals surface area contributed by atoms with Crippen molar-refractivity contribution < 1.29 is 8.42 Å². The third kappa shape index (κ3) is 2.49. The standard InChI is InChI=1S/C14H20N2O2S/c1-15-19(17,18)13-4-2-3-12(9-13)16-14-8-10-5-6-11(14)7-10/h2-4,9-11,14-16H,5-8H2,1H3. The lowest BCUT2D eigenvalue weighted by Crippen LogP contribution is -2.26. The van der Waals surface area contributed by atoms with Crippen molar-refractivity contribution in [3.05, 3.63) is 24.3 Å². The molecule has 19 heavy (non-hydrogen) atoms. The minimum Gasteiger partial charge on any atom is -0.382 e. The molecule has 3 atom stereocenters. The fourth-order valence-electron chi connectivity index (χ4n) is 3.51. The number of hydrogen-bond acceptors (Lipinski definition) is 3. The van der Waals surface area contributed by atoms with Gasteiger partial charge in [-0.25, -0.2) is 13.1 Å². The number of fused-ring (bicyclic) bond motifs is 2. The molecule has 0 saturated heterocycles. The van der Waals surface area contributed by atoms with E-state index in [0.717, 1.165) is 17.5 Å². The Balaban J connectivity index is 1.77. The second-order valence-corrected chi connectivity index (χ2v) is 7.55. The molecule has 3 unspecified atom stereocenters. The number of nitrogens with one attached hydrogen (secondary N) is 2. The van der Waals surface area contributed by atoms with E-state index in [-0.39, 0.29) is 0 Å². The maximum atomic E-state index is 11.8. The molecule has 0 radical (unpaired) electrons. The molecule has 0 spiro atoms. The fraction of sp³-hybridized carbons (Fsp3) is 0.571. The van der Waals surface area contributed by atoms with Crippen molar-refractivity contribution in [3.8, 4) is 0 Å². The molecule has 0 aromatic heterocycles. The van der Waals surface area contributed by atoms with Crippen LogP contribution in [0.5, 0.6) is 0 Å². The molecule has 0 heterocycles. The van der Waals surface area contributed by atoms with Crippen LogP contribution in [0.25, 0.3) is 0 Å². The van der Waals surface area contributed by atoms with Gasteiger partial charge in [0.25, 0.3) is 0 Å². The summed E-state index contributed by atoms with van der Waals surface area (Å²) in [5.74, 6) is 1.65. The monoisotopic (exact) mass is 280 g/mol. The normalized spacial score (nSPS) is 29.6. The predicted molar refractivity (Wildman–Crippen MR) is 75.5 cm³/mol. The highest BCUT2D eigenvalue weighted by molar-refractivity contribution is 7.89. The first kappa shape index (κ1) is 12.9. The number of anilines is 1. The maximum absolute atomic E-state index is 11.8. The molecule has 3 rings (SSSR count). The predicted octanol–water partition coefficient (Wildman–Crippen LogP) is 2.20. The molecular weight excluding hydrogens is 260 g/mol. The Morgan fingerprint density at radius 3 is 2.68 bits per heavy atom. The third-order valence-corrected chi connectivity index (χ3v) is 5.92. The molecular formula is C14H20N2O2S. The Labute approximate surface area is 114 Å². The van der Waals surface area contributed by atoms with Crippen LogP contribution < -0.4 is 10.0 Å². The minimum absolute atomic E-state index is 0.322. The average molecular weight is 280 g/mol. The van der Waals surface area contributed by atoms with Gasteiger partial charge in [0.05, 0.1) is 4.90 Å². The van der Waals surface area contributed by atoms with Crippen LogP contribution in [-0.2, 0) is 10.0 Å². The molecule has 104 valence electrons. The lowest BCUT2D eigenvalue weighted by Gasteiger charge is -2.24. The summed E-state index contributed by atoms with van der Waals surface area (Å²) in [7, 11) is -1.92. The van der Waals surface area contributed by atoms with Crippen molar-refractivity contribution in [3.63, 3.8) is 0 Å². The highest BCUT2D eigenvalue weighted by Crippen LogP contribution is 2.45. The molecule has 0 aliphatic heterocycles. The van der Waals surface area contributed by atoms with E-state index in [1.165, 1.54) is 32.7 Å². The number of benzene rings is 1. The van der Waals surface area contributed by atoms with Crippen LogP contribution in [0.2, 0.25) is 0 Å². The SMILES string of the molecule is CNS(=O)(=O)c1cccc(NC2CC3CCC2C3)c1. The van der Waals surface area contributed by atoms with E-state index >= 15 is 0 Å². The first-order chi connectivity index (χ1) is 9.08. The lowest BCUT2D eigenvalue weighted by molar-refractivity contribution is 0.439. The van der Waals surface area contributed by atoms with Gasteiger partial charge in [0.1, 0.15) is 0 Å². The van der Waals surface area contributed by atoms with Gasteiger partial charge in [-0.3, -0.25) is 0 Å². The topological polar surface area (TPSA) is 58.2 Å². The van der Waals surface area contributed by atoms with Crippen LogP contribution >= 0.6 is 0 Å². The third-order valence-electron chi connectivity index (χ3n) is 4.50. The van der Waals surface area contributed by atoms with Gasteiger partial charge in [-0.2, -0.15) is 0 Å². The zero-order valence-corrected chi connectivity index (χ0v) is 11.9. The van der Waals surface area contributed by atoms with Gasteiger partial charge in [0.2, 0.25) is 10.0 Å². The van der Waals surface area contributed by atoms with Crippen molar-refractivity contribution >= 4 is 15.7 Å². The van der Waals surface area contributed by atoms with E-state index in [0.29, 0.717) is 10.9 Å². The van der Waals surface area contributed by atoms with Crippen molar-refractivity contribution in [1.29, 1.82) is 0 Å². The summed E-state index contributed by atoms with van der Waals surface area (Å²) in [6, 6.07) is 7.60. The van der Waals surface area contributed by atoms with Crippen molar-refractivity contribution in [2.24, 2.45) is 11.8 Å². The zero-order valence-electron chi connectivity index (χ0n) is 11.1. The molecule has 2 aliphatic carbocycles. The van der Waals surface area contributed by atoms with Gasteiger partial charge in [-0.1, -0.05) is 12.5 Å². The molecule has 2 fully saturated rings. The number of rotatable bonds is 4. The average Bonchev–Trinajstić information content (AvgIpc) is 3.01. The molecule has 2 N–H and O–H groups in total. The van der Waals surface area contributed by atoms with Gasteiger partial charge < -0.3 is 5.32 Å². The Hall–Kier alpha value is -1.07. The van der Waals surface area contributed by atoms with Crippen molar-refractivity contribution in [1.82, 2.24) is 4.72 Å². The van der Waals surface area contributed by atoms with E-state index in [2.05, 4.69) is 10.0 Å². The molecule has 4 nitrogen and oxygen atoms in total.